The molecule has 0 radical (unpaired) electrons. The fraction of sp³-hybridized carbons (Fsp3) is 0.167. The summed E-state index contributed by atoms with van der Waals surface area (Å²) in [4.78, 5) is 12.1. The molecule has 2 nitrogen and oxygen atoms in total. The number of amides is 1. The molecular weight excluding hydrogens is 246 g/mol. The molecule has 0 spiro atoms. The van der Waals surface area contributed by atoms with E-state index in [4.69, 9.17) is 0 Å². The van der Waals surface area contributed by atoms with Crippen molar-refractivity contribution in [2.75, 3.05) is 5.32 Å². The Morgan fingerprint density at radius 1 is 1.10 bits per heavy atom. The number of allylic oxidation sites excluding steroid dienone is 2. The van der Waals surface area contributed by atoms with Crippen LogP contribution in [0, 0.1) is 0 Å². The van der Waals surface area contributed by atoms with Crippen molar-refractivity contribution in [3.05, 3.63) is 77.9 Å². The molecule has 0 fully saturated rings. The topological polar surface area (TPSA) is 29.1 Å². The van der Waals surface area contributed by atoms with Gasteiger partial charge in [-0.25, -0.2) is 0 Å². The van der Waals surface area contributed by atoms with Crippen LogP contribution >= 0.6 is 0 Å². The summed E-state index contributed by atoms with van der Waals surface area (Å²) in [6.07, 6.45) is 6.21. The normalized spacial score (nSPS) is 10.7. The van der Waals surface area contributed by atoms with Crippen LogP contribution in [0.1, 0.15) is 29.3 Å². The quantitative estimate of drug-likeness (QED) is 0.795. The van der Waals surface area contributed by atoms with Crippen LogP contribution in [0.2, 0.25) is 0 Å². The van der Waals surface area contributed by atoms with Crippen LogP contribution < -0.4 is 5.32 Å². The molecule has 0 saturated carbocycles. The van der Waals surface area contributed by atoms with E-state index in [0.717, 1.165) is 18.5 Å². The minimum atomic E-state index is -0.0730. The summed E-state index contributed by atoms with van der Waals surface area (Å²) in [5, 5.41) is 2.93. The van der Waals surface area contributed by atoms with Gasteiger partial charge in [-0.2, -0.15) is 0 Å². The first-order chi connectivity index (χ1) is 9.79. The Balaban J connectivity index is 2.02. The molecule has 0 heterocycles. The summed E-state index contributed by atoms with van der Waals surface area (Å²) in [6, 6.07) is 17.3. The highest BCUT2D eigenvalue weighted by Gasteiger charge is 2.05. The molecule has 2 aromatic carbocycles. The number of hydrogen-bond acceptors (Lipinski definition) is 1. The first kappa shape index (κ1) is 14.1. The van der Waals surface area contributed by atoms with Crippen molar-refractivity contribution in [3.63, 3.8) is 0 Å². The molecule has 102 valence electrons. The van der Waals surface area contributed by atoms with Gasteiger partial charge in [-0.05, 0) is 49.6 Å². The van der Waals surface area contributed by atoms with Gasteiger partial charge < -0.3 is 5.32 Å². The summed E-state index contributed by atoms with van der Waals surface area (Å²) in [6.45, 7) is 2.02. The van der Waals surface area contributed by atoms with E-state index in [1.165, 1.54) is 5.56 Å². The number of carbonyl (C=O) groups is 1. The van der Waals surface area contributed by atoms with Gasteiger partial charge in [0.05, 0.1) is 0 Å². The van der Waals surface area contributed by atoms with Crippen LogP contribution in [0.4, 0.5) is 5.69 Å². The van der Waals surface area contributed by atoms with E-state index in [-0.39, 0.29) is 5.91 Å². The predicted octanol–water partition coefficient (Wildman–Crippen LogP) is 4.45. The van der Waals surface area contributed by atoms with Crippen molar-refractivity contribution in [1.82, 2.24) is 0 Å². The maximum atomic E-state index is 12.1. The van der Waals surface area contributed by atoms with Crippen LogP contribution in [0.15, 0.2) is 66.7 Å². The fourth-order valence-electron chi connectivity index (χ4n) is 2.01. The third kappa shape index (κ3) is 4.09. The van der Waals surface area contributed by atoms with Crippen LogP contribution in [0.5, 0.6) is 0 Å². The summed E-state index contributed by atoms with van der Waals surface area (Å²) in [5.41, 5.74) is 2.75. The average molecular weight is 265 g/mol. The highest BCUT2D eigenvalue weighted by Crippen LogP contribution is 2.14. The molecule has 0 unspecified atom stereocenters. The SMILES string of the molecule is C/C=C/CCc1cccc(NC(=O)c2ccccc2)c1. The largest absolute Gasteiger partial charge is 0.322 e. The minimum Gasteiger partial charge on any atom is -0.322 e. The monoisotopic (exact) mass is 265 g/mol. The number of rotatable bonds is 5. The third-order valence-electron chi connectivity index (χ3n) is 3.06. The maximum absolute atomic E-state index is 12.1. The minimum absolute atomic E-state index is 0.0730. The number of carbonyl (C=O) groups excluding carboxylic acids is 1. The molecule has 2 aromatic rings. The van der Waals surface area contributed by atoms with E-state index in [2.05, 4.69) is 23.5 Å². The third-order valence-corrected chi connectivity index (χ3v) is 3.06. The molecule has 2 heteroatoms. The Hall–Kier alpha value is -2.35. The lowest BCUT2D eigenvalue weighted by Gasteiger charge is -2.07. The van der Waals surface area contributed by atoms with Crippen molar-refractivity contribution in [2.24, 2.45) is 0 Å². The van der Waals surface area contributed by atoms with Gasteiger partial charge in [-0.1, -0.05) is 42.5 Å². The molecular formula is C18H19NO. The molecule has 0 atom stereocenters. The lowest BCUT2D eigenvalue weighted by atomic mass is 10.1. The number of anilines is 1. The lowest BCUT2D eigenvalue weighted by molar-refractivity contribution is 0.102. The first-order valence-electron chi connectivity index (χ1n) is 6.86. The van der Waals surface area contributed by atoms with Gasteiger partial charge in [0.15, 0.2) is 0 Å². The van der Waals surface area contributed by atoms with Crippen molar-refractivity contribution in [1.29, 1.82) is 0 Å². The van der Waals surface area contributed by atoms with Gasteiger partial charge in [0.25, 0.3) is 5.91 Å². The number of benzene rings is 2. The predicted molar refractivity (Wildman–Crippen MR) is 84.0 cm³/mol. The van der Waals surface area contributed by atoms with Gasteiger partial charge in [-0.3, -0.25) is 4.79 Å². The second kappa shape index (κ2) is 7.29. The Morgan fingerprint density at radius 2 is 1.90 bits per heavy atom. The lowest BCUT2D eigenvalue weighted by Crippen LogP contribution is -2.11. The van der Waals surface area contributed by atoms with E-state index in [9.17, 15) is 4.79 Å². The number of nitrogens with one attached hydrogen (secondary N) is 1. The van der Waals surface area contributed by atoms with E-state index in [1.807, 2.05) is 55.5 Å². The van der Waals surface area contributed by atoms with E-state index in [1.54, 1.807) is 0 Å². The van der Waals surface area contributed by atoms with Gasteiger partial charge >= 0.3 is 0 Å². The van der Waals surface area contributed by atoms with Gasteiger partial charge in [-0.15, -0.1) is 0 Å². The summed E-state index contributed by atoms with van der Waals surface area (Å²) in [7, 11) is 0. The first-order valence-corrected chi connectivity index (χ1v) is 6.86. The van der Waals surface area contributed by atoms with Crippen LogP contribution in [-0.4, -0.2) is 5.91 Å². The highest BCUT2D eigenvalue weighted by molar-refractivity contribution is 6.04. The summed E-state index contributed by atoms with van der Waals surface area (Å²) in [5.74, 6) is -0.0730. The van der Waals surface area contributed by atoms with E-state index < -0.39 is 0 Å². The van der Waals surface area contributed by atoms with Crippen LogP contribution in [-0.2, 0) is 6.42 Å². The van der Waals surface area contributed by atoms with Gasteiger partial charge in [0, 0.05) is 11.3 Å². The highest BCUT2D eigenvalue weighted by atomic mass is 16.1. The molecule has 1 N–H and O–H groups in total. The molecule has 0 aliphatic heterocycles. The Kier molecular flexibility index (Phi) is 5.13. The molecule has 1 amide bonds. The van der Waals surface area contributed by atoms with Gasteiger partial charge in [0.1, 0.15) is 0 Å². The second-order valence-electron chi connectivity index (χ2n) is 4.63. The molecule has 0 saturated heterocycles. The van der Waals surface area contributed by atoms with Crippen LogP contribution in [0.3, 0.4) is 0 Å². The molecule has 0 aliphatic rings. The van der Waals surface area contributed by atoms with Crippen LogP contribution in [0.25, 0.3) is 0 Å². The fourth-order valence-corrected chi connectivity index (χ4v) is 2.01. The standard InChI is InChI=1S/C18H19NO/c1-2-3-5-9-15-10-8-13-17(14-15)19-18(20)16-11-6-4-7-12-16/h2-4,6-8,10-14H,5,9H2,1H3,(H,19,20)/b3-2+. The molecule has 2 rings (SSSR count). The Labute approximate surface area is 120 Å². The van der Waals surface area contributed by atoms with E-state index >= 15 is 0 Å². The average Bonchev–Trinajstić information content (AvgIpc) is 2.49. The van der Waals surface area contributed by atoms with Gasteiger partial charge in [0.2, 0.25) is 0 Å². The molecule has 20 heavy (non-hydrogen) atoms. The van der Waals surface area contributed by atoms with Crippen molar-refractivity contribution in [2.45, 2.75) is 19.8 Å². The van der Waals surface area contributed by atoms with Crippen molar-refractivity contribution >= 4 is 11.6 Å². The molecule has 0 aromatic heterocycles. The molecule has 0 aliphatic carbocycles. The summed E-state index contributed by atoms with van der Waals surface area (Å²) < 4.78 is 0. The zero-order chi connectivity index (χ0) is 14.2. The van der Waals surface area contributed by atoms with E-state index in [0.29, 0.717) is 5.56 Å². The summed E-state index contributed by atoms with van der Waals surface area (Å²) >= 11 is 0. The smallest absolute Gasteiger partial charge is 0.255 e. The van der Waals surface area contributed by atoms with Crippen molar-refractivity contribution in [3.8, 4) is 0 Å². The zero-order valence-corrected chi connectivity index (χ0v) is 11.7. The Morgan fingerprint density at radius 3 is 2.65 bits per heavy atom. The number of aryl methyl sites for hydroxylation is 1. The maximum Gasteiger partial charge on any atom is 0.255 e. The molecule has 0 bridgehead atoms. The zero-order valence-electron chi connectivity index (χ0n) is 11.7. The second-order valence-corrected chi connectivity index (χ2v) is 4.63. The van der Waals surface area contributed by atoms with Crippen molar-refractivity contribution < 1.29 is 4.79 Å². The Bertz CT molecular complexity index is 587. The number of hydrogen-bond donors (Lipinski definition) is 1.